The summed E-state index contributed by atoms with van der Waals surface area (Å²) in [6.07, 6.45) is 7.86. The molecule has 0 bridgehead atoms. The van der Waals surface area contributed by atoms with Crippen molar-refractivity contribution in [3.63, 3.8) is 0 Å². The van der Waals surface area contributed by atoms with Gasteiger partial charge in [-0.05, 0) is 0 Å². The Labute approximate surface area is 279 Å². The minimum absolute atomic E-state index is 0.372. The summed E-state index contributed by atoms with van der Waals surface area (Å²) in [6.45, 7) is 22.3. The van der Waals surface area contributed by atoms with Gasteiger partial charge in [0.2, 0.25) is 0 Å². The van der Waals surface area contributed by atoms with E-state index >= 15 is 0 Å². The Morgan fingerprint density at radius 2 is 0.556 bits per heavy atom. The fraction of sp³-hybridized carbons (Fsp3) is 0.667. The first-order chi connectivity index (χ1) is 21.1. The minimum atomic E-state index is -6.24. The molecular weight excluding hydrogens is 679 g/mol. The predicted molar refractivity (Wildman–Crippen MR) is 182 cm³/mol. The van der Waals surface area contributed by atoms with Gasteiger partial charge in [-0.2, -0.15) is 0 Å². The van der Waals surface area contributed by atoms with Crippen molar-refractivity contribution >= 4 is 43.9 Å². The first-order valence-electron chi connectivity index (χ1n) is 16.7. The quantitative estimate of drug-likeness (QED) is 0.0898. The van der Waals surface area contributed by atoms with E-state index in [0.717, 1.165) is 25.7 Å². The number of carbonyl (C=O) groups excluding carboxylic acids is 4. The summed E-state index contributed by atoms with van der Waals surface area (Å²) in [7, 11) is 0. The van der Waals surface area contributed by atoms with E-state index in [-0.39, 0.29) is 0 Å². The molecule has 0 aliphatic heterocycles. The van der Waals surface area contributed by atoms with E-state index in [9.17, 15) is 19.2 Å². The normalized spacial score (nSPS) is 10.8. The van der Waals surface area contributed by atoms with Gasteiger partial charge in [-0.15, -0.1) is 0 Å². The number of allylic oxidation sites excluding steroid dienone is 4. The molecular formula is C36H60O8Sn. The van der Waals surface area contributed by atoms with Crippen LogP contribution < -0.4 is 0 Å². The summed E-state index contributed by atoms with van der Waals surface area (Å²) in [4.78, 5) is 55.4. The van der Waals surface area contributed by atoms with E-state index in [1.807, 2.05) is 27.7 Å². The van der Waals surface area contributed by atoms with E-state index in [4.69, 9.17) is 12.3 Å². The second-order valence-electron chi connectivity index (χ2n) is 12.4. The van der Waals surface area contributed by atoms with Crippen LogP contribution in [0.2, 0.25) is 0 Å². The van der Waals surface area contributed by atoms with Crippen LogP contribution in [0.4, 0.5) is 0 Å². The molecule has 0 saturated heterocycles. The van der Waals surface area contributed by atoms with Crippen LogP contribution in [-0.2, 0) is 31.5 Å². The number of hydrogen-bond acceptors (Lipinski definition) is 8. The van der Waals surface area contributed by atoms with Crippen LogP contribution >= 0.6 is 0 Å². The Balaban J connectivity index is 7.43. The molecule has 0 atom stereocenters. The van der Waals surface area contributed by atoms with E-state index in [1.165, 1.54) is 0 Å². The molecule has 0 aromatic rings. The summed E-state index contributed by atoms with van der Waals surface area (Å²) < 4.78 is 24.0. The maximum atomic E-state index is 13.8. The van der Waals surface area contributed by atoms with Crippen LogP contribution in [0.3, 0.4) is 0 Å². The summed E-state index contributed by atoms with van der Waals surface area (Å²) >= 11 is -6.24. The van der Waals surface area contributed by atoms with Gasteiger partial charge < -0.3 is 0 Å². The van der Waals surface area contributed by atoms with Crippen molar-refractivity contribution < 1.29 is 31.5 Å². The Kier molecular flexibility index (Phi) is 21.0. The van der Waals surface area contributed by atoms with Crippen molar-refractivity contribution in [2.24, 2.45) is 0 Å². The molecule has 0 unspecified atom stereocenters. The van der Waals surface area contributed by atoms with Crippen molar-refractivity contribution in [1.82, 2.24) is 0 Å². The van der Waals surface area contributed by atoms with Crippen LogP contribution in [0.1, 0.15) is 160 Å². The zero-order valence-electron chi connectivity index (χ0n) is 30.3. The SMILES string of the molecule is CCCCC(C(=O)[O][Sn]([O]C(=O)C(CCCC)=C(C)C)([O]C(=O)C(CCCC)=C(C)C)[O]C(=O)C(CCCC)=C(C)C)=C(C)C. The van der Waals surface area contributed by atoms with Crippen LogP contribution in [0, 0.1) is 0 Å². The van der Waals surface area contributed by atoms with Gasteiger partial charge in [0.05, 0.1) is 0 Å². The Morgan fingerprint density at radius 1 is 0.378 bits per heavy atom. The van der Waals surface area contributed by atoms with Gasteiger partial charge in [0, 0.05) is 0 Å². The standard InChI is InChI=1S/4C9H16O2.Sn/c4*1-4-5-6-8(7(2)3)9(10)11;/h4*4-6H2,1-3H3,(H,10,11);/q;;;;+4/p-4. The van der Waals surface area contributed by atoms with Crippen molar-refractivity contribution in [1.29, 1.82) is 0 Å². The van der Waals surface area contributed by atoms with Crippen molar-refractivity contribution in [3.05, 3.63) is 44.6 Å². The Morgan fingerprint density at radius 3 is 0.689 bits per heavy atom. The summed E-state index contributed by atoms with van der Waals surface area (Å²) in [5, 5.41) is 0. The topological polar surface area (TPSA) is 105 Å². The summed E-state index contributed by atoms with van der Waals surface area (Å²) in [5.74, 6) is -3.22. The van der Waals surface area contributed by atoms with Crippen LogP contribution in [0.15, 0.2) is 44.6 Å². The van der Waals surface area contributed by atoms with Crippen LogP contribution in [0.5, 0.6) is 0 Å². The second-order valence-corrected chi connectivity index (χ2v) is 17.6. The van der Waals surface area contributed by atoms with Crippen molar-refractivity contribution in [3.8, 4) is 0 Å². The van der Waals surface area contributed by atoms with E-state index in [0.29, 0.717) is 96.0 Å². The average Bonchev–Trinajstić information content (AvgIpc) is 2.92. The predicted octanol–water partition coefficient (Wildman–Crippen LogP) is 9.70. The fourth-order valence-electron chi connectivity index (χ4n) is 4.46. The second kappa shape index (κ2) is 22.2. The Bertz CT molecular complexity index is 958. The number of rotatable bonds is 20. The monoisotopic (exact) mass is 740 g/mol. The fourth-order valence-corrected chi connectivity index (χ4v) is 9.18. The van der Waals surface area contributed by atoms with Gasteiger partial charge in [0.15, 0.2) is 0 Å². The molecule has 0 heterocycles. The molecule has 0 fully saturated rings. The van der Waals surface area contributed by atoms with Crippen molar-refractivity contribution in [2.75, 3.05) is 0 Å². The molecule has 256 valence electrons. The summed E-state index contributed by atoms with van der Waals surface area (Å²) in [6, 6.07) is 0. The maximum absolute atomic E-state index is 13.8. The zero-order chi connectivity index (χ0) is 34.7. The van der Waals surface area contributed by atoms with Gasteiger partial charge in [0.25, 0.3) is 0 Å². The van der Waals surface area contributed by atoms with E-state index in [1.54, 1.807) is 55.4 Å². The molecule has 0 aliphatic carbocycles. The molecule has 0 aromatic carbocycles. The van der Waals surface area contributed by atoms with Gasteiger partial charge in [-0.3, -0.25) is 0 Å². The molecule has 8 nitrogen and oxygen atoms in total. The van der Waals surface area contributed by atoms with Crippen molar-refractivity contribution in [2.45, 2.75) is 160 Å². The number of hydrogen-bond donors (Lipinski definition) is 0. The van der Waals surface area contributed by atoms with Gasteiger partial charge in [-0.25, -0.2) is 0 Å². The van der Waals surface area contributed by atoms with E-state index in [2.05, 4.69) is 0 Å². The molecule has 0 aliphatic rings. The van der Waals surface area contributed by atoms with Gasteiger partial charge in [-0.1, -0.05) is 0 Å². The third-order valence-electron chi connectivity index (χ3n) is 7.39. The molecule has 0 spiro atoms. The molecule has 45 heavy (non-hydrogen) atoms. The molecule has 0 aromatic heterocycles. The first-order valence-corrected chi connectivity index (χ1v) is 21.4. The number of carbonyl (C=O) groups is 4. The first kappa shape index (κ1) is 42.6. The molecule has 0 radical (unpaired) electrons. The zero-order valence-corrected chi connectivity index (χ0v) is 33.1. The summed E-state index contributed by atoms with van der Waals surface area (Å²) in [5.41, 5.74) is 4.34. The van der Waals surface area contributed by atoms with Crippen LogP contribution in [-0.4, -0.2) is 43.9 Å². The van der Waals surface area contributed by atoms with Crippen LogP contribution in [0.25, 0.3) is 0 Å². The molecule has 0 saturated carbocycles. The average molecular weight is 740 g/mol. The van der Waals surface area contributed by atoms with E-state index < -0.39 is 43.9 Å². The van der Waals surface area contributed by atoms with Gasteiger partial charge >= 0.3 is 280 Å². The van der Waals surface area contributed by atoms with Gasteiger partial charge in [0.1, 0.15) is 0 Å². The third kappa shape index (κ3) is 15.2. The molecule has 0 amide bonds. The molecule has 0 rings (SSSR count). The molecule has 9 heteroatoms. The Hall–Kier alpha value is -2.36. The molecule has 0 N–H and O–H groups in total. The number of unbranched alkanes of at least 4 members (excludes halogenated alkanes) is 4. The third-order valence-corrected chi connectivity index (χ3v) is 12.4.